The molecule has 0 atom stereocenters. The number of anilines is 1. The number of esters is 1. The predicted molar refractivity (Wildman–Crippen MR) is 83.5 cm³/mol. The highest BCUT2D eigenvalue weighted by Gasteiger charge is 2.34. The molecule has 0 spiro atoms. The maximum Gasteiger partial charge on any atom is 0.337 e. The van der Waals surface area contributed by atoms with E-state index in [4.69, 9.17) is 14.6 Å². The first-order valence-corrected chi connectivity index (χ1v) is 7.17. The molecule has 1 aromatic rings. The Balaban J connectivity index is 2.27. The predicted octanol–water partition coefficient (Wildman–Crippen LogP) is 0.506. The summed E-state index contributed by atoms with van der Waals surface area (Å²) in [6, 6.07) is 7.37. The van der Waals surface area contributed by atoms with Crippen LogP contribution >= 0.6 is 0 Å². The van der Waals surface area contributed by atoms with E-state index in [1.165, 1.54) is 12.0 Å². The summed E-state index contributed by atoms with van der Waals surface area (Å²) >= 11 is 0. The highest BCUT2D eigenvalue weighted by Crippen LogP contribution is 2.23. The van der Waals surface area contributed by atoms with Gasteiger partial charge in [-0.25, -0.2) is 4.79 Å². The van der Waals surface area contributed by atoms with E-state index in [9.17, 15) is 9.59 Å². The molecule has 0 saturated heterocycles. The quantitative estimate of drug-likeness (QED) is 0.712. The molecule has 0 saturated carbocycles. The molecule has 0 bridgehead atoms. The van der Waals surface area contributed by atoms with Gasteiger partial charge in [0.15, 0.2) is 0 Å². The van der Waals surface area contributed by atoms with E-state index in [-0.39, 0.29) is 36.9 Å². The van der Waals surface area contributed by atoms with Gasteiger partial charge in [0.05, 0.1) is 32.4 Å². The molecule has 0 unspecified atom stereocenters. The smallest absolute Gasteiger partial charge is 0.337 e. The Hall–Kier alpha value is -2.38. The molecule has 2 N–H and O–H groups in total. The molecule has 0 aliphatic carbocycles. The molecule has 0 radical (unpaired) electrons. The lowest BCUT2D eigenvalue weighted by atomic mass is 10.2. The lowest BCUT2D eigenvalue weighted by Crippen LogP contribution is -2.31. The monoisotopic (exact) mass is 320 g/mol. The molecular formula is C16H20N2O5. The standard InChI is InChI=1S/C16H20N2O5/c1-22-10-11-4-3-5-12(8-11)17-14-13(16(21)23-2)9-18(6-7-19)15(14)20/h3-5,8,17,19H,6-7,9-10H2,1-2H3. The Bertz CT molecular complexity index is 627. The fraction of sp³-hybridized carbons (Fsp3) is 0.375. The van der Waals surface area contributed by atoms with Crippen LogP contribution in [0.3, 0.4) is 0 Å². The van der Waals surface area contributed by atoms with Crippen LogP contribution in [0.4, 0.5) is 5.69 Å². The van der Waals surface area contributed by atoms with E-state index in [2.05, 4.69) is 5.32 Å². The van der Waals surface area contributed by atoms with E-state index in [0.717, 1.165) is 5.56 Å². The maximum atomic E-state index is 12.4. The topological polar surface area (TPSA) is 88.1 Å². The zero-order valence-electron chi connectivity index (χ0n) is 13.2. The van der Waals surface area contributed by atoms with Crippen LogP contribution in [0.25, 0.3) is 0 Å². The van der Waals surface area contributed by atoms with E-state index < -0.39 is 5.97 Å². The molecule has 7 nitrogen and oxygen atoms in total. The molecule has 1 heterocycles. The summed E-state index contributed by atoms with van der Waals surface area (Å²) < 4.78 is 9.82. The third-order valence-corrected chi connectivity index (χ3v) is 3.46. The summed E-state index contributed by atoms with van der Waals surface area (Å²) in [5.74, 6) is -0.897. The summed E-state index contributed by atoms with van der Waals surface area (Å²) in [4.78, 5) is 25.7. The van der Waals surface area contributed by atoms with Crippen LogP contribution in [-0.4, -0.2) is 55.8 Å². The largest absolute Gasteiger partial charge is 0.466 e. The number of nitrogens with one attached hydrogen (secondary N) is 1. The fourth-order valence-corrected chi connectivity index (χ4v) is 2.40. The van der Waals surface area contributed by atoms with Crippen LogP contribution < -0.4 is 5.32 Å². The number of aliphatic hydroxyl groups is 1. The van der Waals surface area contributed by atoms with Crippen LogP contribution in [0.15, 0.2) is 35.5 Å². The minimum atomic E-state index is -0.561. The second-order valence-electron chi connectivity index (χ2n) is 5.05. The summed E-state index contributed by atoms with van der Waals surface area (Å²) in [6.07, 6.45) is 0. The molecular weight excluding hydrogens is 300 g/mol. The molecule has 0 fully saturated rings. The van der Waals surface area contributed by atoms with Gasteiger partial charge in [0.1, 0.15) is 5.70 Å². The molecule has 1 amide bonds. The molecule has 1 aliphatic heterocycles. The van der Waals surface area contributed by atoms with E-state index in [0.29, 0.717) is 12.3 Å². The number of hydrogen-bond donors (Lipinski definition) is 2. The number of benzene rings is 1. The van der Waals surface area contributed by atoms with E-state index in [1.807, 2.05) is 18.2 Å². The van der Waals surface area contributed by atoms with Gasteiger partial charge in [-0.15, -0.1) is 0 Å². The average Bonchev–Trinajstić information content (AvgIpc) is 2.85. The summed E-state index contributed by atoms with van der Waals surface area (Å²) in [5, 5.41) is 12.0. The average molecular weight is 320 g/mol. The molecule has 124 valence electrons. The third-order valence-electron chi connectivity index (χ3n) is 3.46. The van der Waals surface area contributed by atoms with Crippen molar-refractivity contribution in [2.24, 2.45) is 0 Å². The number of amides is 1. The Morgan fingerprint density at radius 1 is 1.39 bits per heavy atom. The molecule has 1 aromatic carbocycles. The molecule has 0 aromatic heterocycles. The number of aliphatic hydroxyl groups excluding tert-OH is 1. The molecule has 7 heteroatoms. The van der Waals surface area contributed by atoms with Crippen molar-refractivity contribution in [2.75, 3.05) is 39.2 Å². The Morgan fingerprint density at radius 2 is 2.17 bits per heavy atom. The van der Waals surface area contributed by atoms with Gasteiger partial charge in [0, 0.05) is 19.3 Å². The van der Waals surface area contributed by atoms with Crippen molar-refractivity contribution in [1.29, 1.82) is 0 Å². The van der Waals surface area contributed by atoms with Gasteiger partial charge < -0.3 is 24.8 Å². The van der Waals surface area contributed by atoms with Crippen LogP contribution in [0, 0.1) is 0 Å². The minimum absolute atomic E-state index is 0.117. The molecule has 1 aliphatic rings. The van der Waals surface area contributed by atoms with Crippen LogP contribution in [0.5, 0.6) is 0 Å². The number of nitrogens with zero attached hydrogens (tertiary/aromatic N) is 1. The number of carbonyl (C=O) groups excluding carboxylic acids is 2. The third kappa shape index (κ3) is 3.88. The number of rotatable bonds is 7. The van der Waals surface area contributed by atoms with Gasteiger partial charge in [0.2, 0.25) is 0 Å². The van der Waals surface area contributed by atoms with Crippen molar-refractivity contribution < 1.29 is 24.2 Å². The van der Waals surface area contributed by atoms with Crippen molar-refractivity contribution in [3.8, 4) is 0 Å². The number of carbonyl (C=O) groups is 2. The summed E-state index contributed by atoms with van der Waals surface area (Å²) in [5.41, 5.74) is 2.05. The first-order chi connectivity index (χ1) is 11.1. The Labute approximate surface area is 134 Å². The van der Waals surface area contributed by atoms with Crippen molar-refractivity contribution in [1.82, 2.24) is 4.90 Å². The van der Waals surface area contributed by atoms with Crippen molar-refractivity contribution in [2.45, 2.75) is 6.61 Å². The summed E-state index contributed by atoms with van der Waals surface area (Å²) in [6.45, 7) is 0.556. The highest BCUT2D eigenvalue weighted by atomic mass is 16.5. The zero-order chi connectivity index (χ0) is 16.8. The normalized spacial score (nSPS) is 14.4. The van der Waals surface area contributed by atoms with Crippen LogP contribution in [0.1, 0.15) is 5.56 Å². The second-order valence-corrected chi connectivity index (χ2v) is 5.05. The SMILES string of the molecule is COCc1cccc(NC2=C(C(=O)OC)CN(CCO)C2=O)c1. The molecule has 23 heavy (non-hydrogen) atoms. The maximum absolute atomic E-state index is 12.4. The highest BCUT2D eigenvalue weighted by molar-refractivity contribution is 6.08. The zero-order valence-corrected chi connectivity index (χ0v) is 13.2. The number of ether oxygens (including phenoxy) is 2. The Morgan fingerprint density at radius 3 is 2.83 bits per heavy atom. The lowest BCUT2D eigenvalue weighted by Gasteiger charge is -2.15. The van der Waals surface area contributed by atoms with Crippen LogP contribution in [-0.2, 0) is 25.7 Å². The fourth-order valence-electron chi connectivity index (χ4n) is 2.40. The number of hydrogen-bond acceptors (Lipinski definition) is 6. The van der Waals surface area contributed by atoms with Gasteiger partial charge in [-0.05, 0) is 17.7 Å². The Kier molecular flexibility index (Phi) is 5.72. The van der Waals surface area contributed by atoms with Crippen molar-refractivity contribution in [3.63, 3.8) is 0 Å². The van der Waals surface area contributed by atoms with Gasteiger partial charge in [0.25, 0.3) is 5.91 Å². The summed E-state index contributed by atoms with van der Waals surface area (Å²) in [7, 11) is 2.87. The van der Waals surface area contributed by atoms with Gasteiger partial charge in [-0.2, -0.15) is 0 Å². The van der Waals surface area contributed by atoms with Crippen molar-refractivity contribution >= 4 is 17.6 Å². The van der Waals surface area contributed by atoms with Gasteiger partial charge in [-0.1, -0.05) is 12.1 Å². The lowest BCUT2D eigenvalue weighted by molar-refractivity contribution is -0.136. The number of methoxy groups -OCH3 is 2. The second kappa shape index (κ2) is 7.75. The first-order valence-electron chi connectivity index (χ1n) is 7.17. The number of β-amino-alcohol motifs (C(OH)–C–C–N with tert-alkyl or cyclic N) is 1. The molecule has 2 rings (SSSR count). The van der Waals surface area contributed by atoms with Gasteiger partial charge >= 0.3 is 5.97 Å². The van der Waals surface area contributed by atoms with Crippen LogP contribution in [0.2, 0.25) is 0 Å². The van der Waals surface area contributed by atoms with E-state index in [1.54, 1.807) is 13.2 Å². The van der Waals surface area contributed by atoms with E-state index >= 15 is 0 Å². The first kappa shape index (κ1) is 17.0. The minimum Gasteiger partial charge on any atom is -0.466 e. The van der Waals surface area contributed by atoms with Gasteiger partial charge in [-0.3, -0.25) is 4.79 Å². The van der Waals surface area contributed by atoms with Crippen molar-refractivity contribution in [3.05, 3.63) is 41.1 Å².